The second-order valence-corrected chi connectivity index (χ2v) is 6.81. The van der Waals surface area contributed by atoms with Gasteiger partial charge >= 0.3 is 0 Å². The van der Waals surface area contributed by atoms with Crippen molar-refractivity contribution >= 4 is 23.0 Å². The largest absolute Gasteiger partial charge is 0.372 e. The molecule has 2 rings (SSSR count). The van der Waals surface area contributed by atoms with Crippen molar-refractivity contribution in [3.05, 3.63) is 47.8 Å². The Kier molecular flexibility index (Phi) is 7.65. The third-order valence-corrected chi connectivity index (χ3v) is 4.79. The van der Waals surface area contributed by atoms with Gasteiger partial charge in [-0.3, -0.25) is 4.79 Å². The Balaban J connectivity index is 2.07. The molecule has 0 aliphatic carbocycles. The molecule has 0 aliphatic heterocycles. The fraction of sp³-hybridized carbons (Fsp3) is 0.455. The second kappa shape index (κ2) is 9.95. The first-order valence-corrected chi connectivity index (χ1v) is 9.84. The molecule has 5 nitrogen and oxygen atoms in total. The SMILES string of the molecule is CCCCN(C)C(=O)c1ccc(Nc2ccc(N(CC)CC)cc2C)cn1. The first-order chi connectivity index (χ1) is 13.0. The highest BCUT2D eigenvalue weighted by Crippen LogP contribution is 2.25. The molecule has 0 unspecified atom stereocenters. The van der Waals surface area contributed by atoms with Gasteiger partial charge in [-0.1, -0.05) is 13.3 Å². The number of carbonyl (C=O) groups excluding carboxylic acids is 1. The Morgan fingerprint density at radius 1 is 1.11 bits per heavy atom. The Labute approximate surface area is 163 Å². The molecule has 1 aromatic heterocycles. The molecule has 5 heteroatoms. The minimum atomic E-state index is -0.0326. The number of hydrogen-bond acceptors (Lipinski definition) is 4. The molecule has 0 aliphatic rings. The summed E-state index contributed by atoms with van der Waals surface area (Å²) in [6, 6.07) is 10.1. The maximum atomic E-state index is 12.4. The Hall–Kier alpha value is -2.56. The van der Waals surface area contributed by atoms with Crippen LogP contribution in [0.1, 0.15) is 49.7 Å². The van der Waals surface area contributed by atoms with Crippen LogP contribution in [0.2, 0.25) is 0 Å². The number of nitrogens with zero attached hydrogens (tertiary/aromatic N) is 3. The van der Waals surface area contributed by atoms with Crippen LogP contribution in [-0.4, -0.2) is 42.5 Å². The number of anilines is 3. The van der Waals surface area contributed by atoms with Gasteiger partial charge in [0.15, 0.2) is 0 Å². The zero-order chi connectivity index (χ0) is 19.8. The van der Waals surface area contributed by atoms with Gasteiger partial charge in [-0.2, -0.15) is 0 Å². The molecular weight excluding hydrogens is 336 g/mol. The standard InChI is InChI=1S/C22H32N4O/c1-6-9-14-25(5)22(27)21-12-10-18(16-23-21)24-20-13-11-19(15-17(20)4)26(7-2)8-3/h10-13,15-16,24H,6-9,14H2,1-5H3. The molecule has 1 amide bonds. The van der Waals surface area contributed by atoms with E-state index in [1.54, 1.807) is 17.2 Å². The molecular formula is C22H32N4O. The van der Waals surface area contributed by atoms with Crippen LogP contribution in [0.4, 0.5) is 17.1 Å². The van der Waals surface area contributed by atoms with E-state index in [4.69, 9.17) is 0 Å². The van der Waals surface area contributed by atoms with E-state index < -0.39 is 0 Å². The summed E-state index contributed by atoms with van der Waals surface area (Å²) < 4.78 is 0. The van der Waals surface area contributed by atoms with Gasteiger partial charge in [0.2, 0.25) is 0 Å². The van der Waals surface area contributed by atoms with Gasteiger partial charge in [0.25, 0.3) is 5.91 Å². The van der Waals surface area contributed by atoms with Gasteiger partial charge in [-0.15, -0.1) is 0 Å². The number of carbonyl (C=O) groups is 1. The van der Waals surface area contributed by atoms with Crippen molar-refractivity contribution in [3.8, 4) is 0 Å². The highest BCUT2D eigenvalue weighted by Gasteiger charge is 2.12. The molecule has 1 heterocycles. The van der Waals surface area contributed by atoms with Crippen molar-refractivity contribution in [1.29, 1.82) is 0 Å². The van der Waals surface area contributed by atoms with Crippen molar-refractivity contribution in [2.24, 2.45) is 0 Å². The maximum absolute atomic E-state index is 12.4. The molecule has 0 bridgehead atoms. The third kappa shape index (κ3) is 5.46. The quantitative estimate of drug-likeness (QED) is 0.687. The van der Waals surface area contributed by atoms with Crippen molar-refractivity contribution < 1.29 is 4.79 Å². The van der Waals surface area contributed by atoms with E-state index in [1.165, 1.54) is 11.3 Å². The molecule has 1 N–H and O–H groups in total. The van der Waals surface area contributed by atoms with E-state index in [9.17, 15) is 4.79 Å². The highest BCUT2D eigenvalue weighted by atomic mass is 16.2. The van der Waals surface area contributed by atoms with Crippen molar-refractivity contribution in [1.82, 2.24) is 9.88 Å². The summed E-state index contributed by atoms with van der Waals surface area (Å²) in [6.45, 7) is 11.3. The molecule has 1 aromatic carbocycles. The normalized spacial score (nSPS) is 10.6. The molecule has 27 heavy (non-hydrogen) atoms. The van der Waals surface area contributed by atoms with Crippen molar-refractivity contribution in [2.75, 3.05) is 36.9 Å². The lowest BCUT2D eigenvalue weighted by molar-refractivity contribution is 0.0787. The third-order valence-electron chi connectivity index (χ3n) is 4.79. The van der Waals surface area contributed by atoms with Gasteiger partial charge < -0.3 is 15.1 Å². The number of benzene rings is 1. The lowest BCUT2D eigenvalue weighted by Gasteiger charge is -2.22. The summed E-state index contributed by atoms with van der Waals surface area (Å²) in [4.78, 5) is 20.8. The summed E-state index contributed by atoms with van der Waals surface area (Å²) in [5, 5.41) is 3.40. The molecule has 0 fully saturated rings. The lowest BCUT2D eigenvalue weighted by Crippen LogP contribution is -2.28. The Bertz CT molecular complexity index is 738. The van der Waals surface area contributed by atoms with Crippen molar-refractivity contribution in [2.45, 2.75) is 40.5 Å². The van der Waals surface area contributed by atoms with E-state index in [1.807, 2.05) is 13.1 Å². The molecule has 146 valence electrons. The number of nitrogens with one attached hydrogen (secondary N) is 1. The van der Waals surface area contributed by atoms with E-state index in [0.29, 0.717) is 5.69 Å². The fourth-order valence-corrected chi connectivity index (χ4v) is 3.02. The predicted octanol–water partition coefficient (Wildman–Crippen LogP) is 4.85. The van der Waals surface area contributed by atoms with E-state index >= 15 is 0 Å². The maximum Gasteiger partial charge on any atom is 0.272 e. The van der Waals surface area contributed by atoms with Crippen LogP contribution in [0, 0.1) is 6.92 Å². The minimum absolute atomic E-state index is 0.0326. The van der Waals surface area contributed by atoms with Gasteiger partial charge in [-0.05, 0) is 63.1 Å². The van der Waals surface area contributed by atoms with Gasteiger partial charge in [0.05, 0.1) is 11.9 Å². The first kappa shape index (κ1) is 20.7. The van der Waals surface area contributed by atoms with Crippen molar-refractivity contribution in [3.63, 3.8) is 0 Å². The number of aryl methyl sites for hydroxylation is 1. The Morgan fingerprint density at radius 3 is 2.41 bits per heavy atom. The monoisotopic (exact) mass is 368 g/mol. The smallest absolute Gasteiger partial charge is 0.272 e. The predicted molar refractivity (Wildman–Crippen MR) is 114 cm³/mol. The minimum Gasteiger partial charge on any atom is -0.372 e. The average molecular weight is 369 g/mol. The summed E-state index contributed by atoms with van der Waals surface area (Å²) in [5.74, 6) is -0.0326. The average Bonchev–Trinajstić information content (AvgIpc) is 2.69. The van der Waals surface area contributed by atoms with E-state index in [0.717, 1.165) is 43.9 Å². The van der Waals surface area contributed by atoms with Gasteiger partial charge in [-0.25, -0.2) is 4.98 Å². The number of rotatable bonds is 9. The molecule has 0 atom stereocenters. The highest BCUT2D eigenvalue weighted by molar-refractivity contribution is 5.92. The number of unbranched alkanes of at least 4 members (excludes halogenated alkanes) is 1. The summed E-state index contributed by atoms with van der Waals surface area (Å²) in [6.07, 6.45) is 3.80. The van der Waals surface area contributed by atoms with Crippen LogP contribution in [-0.2, 0) is 0 Å². The zero-order valence-electron chi connectivity index (χ0n) is 17.2. The number of hydrogen-bond donors (Lipinski definition) is 1. The van der Waals surface area contributed by atoms with Gasteiger partial charge in [0.1, 0.15) is 5.69 Å². The molecule has 2 aromatic rings. The van der Waals surface area contributed by atoms with Crippen LogP contribution in [0.25, 0.3) is 0 Å². The fourth-order valence-electron chi connectivity index (χ4n) is 3.02. The molecule has 0 radical (unpaired) electrons. The van der Waals surface area contributed by atoms with E-state index in [-0.39, 0.29) is 5.91 Å². The molecule has 0 saturated heterocycles. The summed E-state index contributed by atoms with van der Waals surface area (Å²) in [7, 11) is 1.83. The second-order valence-electron chi connectivity index (χ2n) is 6.81. The summed E-state index contributed by atoms with van der Waals surface area (Å²) in [5.41, 5.74) is 4.82. The lowest BCUT2D eigenvalue weighted by atomic mass is 10.1. The zero-order valence-corrected chi connectivity index (χ0v) is 17.2. The number of aromatic nitrogens is 1. The van der Waals surface area contributed by atoms with Crippen LogP contribution < -0.4 is 10.2 Å². The van der Waals surface area contributed by atoms with Crippen LogP contribution in [0.3, 0.4) is 0 Å². The topological polar surface area (TPSA) is 48.5 Å². The van der Waals surface area contributed by atoms with Crippen LogP contribution >= 0.6 is 0 Å². The Morgan fingerprint density at radius 2 is 1.85 bits per heavy atom. The van der Waals surface area contributed by atoms with Crippen LogP contribution in [0.5, 0.6) is 0 Å². The number of pyridine rings is 1. The van der Waals surface area contributed by atoms with Gasteiger partial charge in [0, 0.05) is 38.1 Å². The van der Waals surface area contributed by atoms with Crippen LogP contribution in [0.15, 0.2) is 36.5 Å². The molecule has 0 spiro atoms. The number of amides is 1. The molecule has 0 saturated carbocycles. The summed E-state index contributed by atoms with van der Waals surface area (Å²) >= 11 is 0. The first-order valence-electron chi connectivity index (χ1n) is 9.84. The van der Waals surface area contributed by atoms with E-state index in [2.05, 4.69) is 61.1 Å².